The number of rotatable bonds is 6. The van der Waals surface area contributed by atoms with Crippen LogP contribution in [0.15, 0.2) is 30.3 Å². The summed E-state index contributed by atoms with van der Waals surface area (Å²) in [6, 6.07) is 9.86. The molecule has 1 aromatic carbocycles. The Morgan fingerprint density at radius 3 is 2.20 bits per heavy atom. The minimum Gasteiger partial charge on any atom is -0.480 e. The second-order valence-corrected chi connectivity index (χ2v) is 11.0. The smallest absolute Gasteiger partial charge is 0.325 e. The fourth-order valence-electron chi connectivity index (χ4n) is 5.50. The maximum absolute atomic E-state index is 13.1. The van der Waals surface area contributed by atoms with Crippen molar-refractivity contribution >= 4 is 16.2 Å². The molecule has 0 radical (unpaired) electrons. The van der Waals surface area contributed by atoms with Crippen molar-refractivity contribution in [1.29, 1.82) is 0 Å². The summed E-state index contributed by atoms with van der Waals surface area (Å²) in [6.07, 6.45) is 4.85. The number of nitrogens with zero attached hydrogens (tertiary/aromatic N) is 2. The van der Waals surface area contributed by atoms with Crippen molar-refractivity contribution in [3.05, 3.63) is 35.9 Å². The Bertz CT molecular complexity index is 862. The number of aliphatic carboxylic acids is 1. The lowest BCUT2D eigenvalue weighted by Gasteiger charge is -2.41. The predicted octanol–water partition coefficient (Wildman–Crippen LogP) is 2.27. The highest BCUT2D eigenvalue weighted by atomic mass is 32.2. The zero-order chi connectivity index (χ0) is 21.5. The van der Waals surface area contributed by atoms with Gasteiger partial charge in [-0.3, -0.25) is 9.69 Å². The number of hydrogen-bond donors (Lipinski definition) is 2. The van der Waals surface area contributed by atoms with Crippen LogP contribution in [-0.4, -0.2) is 66.5 Å². The van der Waals surface area contributed by atoms with Gasteiger partial charge in [-0.1, -0.05) is 44.2 Å². The van der Waals surface area contributed by atoms with Crippen molar-refractivity contribution in [2.45, 2.75) is 57.0 Å². The lowest BCUT2D eigenvalue weighted by Crippen LogP contribution is -2.58. The molecule has 3 aliphatic rings. The Labute approximate surface area is 179 Å². The van der Waals surface area contributed by atoms with E-state index in [0.29, 0.717) is 32.2 Å². The highest BCUT2D eigenvalue weighted by Crippen LogP contribution is 2.57. The van der Waals surface area contributed by atoms with Gasteiger partial charge in [-0.25, -0.2) is 0 Å². The molecule has 1 unspecified atom stereocenters. The van der Waals surface area contributed by atoms with E-state index in [1.807, 2.05) is 30.3 Å². The molecule has 8 heteroatoms. The maximum Gasteiger partial charge on any atom is 0.325 e. The van der Waals surface area contributed by atoms with E-state index in [4.69, 9.17) is 0 Å². The van der Waals surface area contributed by atoms with Crippen molar-refractivity contribution in [2.75, 3.05) is 26.2 Å². The zero-order valence-corrected chi connectivity index (χ0v) is 18.6. The van der Waals surface area contributed by atoms with E-state index in [1.54, 1.807) is 6.92 Å². The molecule has 0 spiro atoms. The van der Waals surface area contributed by atoms with Gasteiger partial charge in [-0.2, -0.15) is 17.4 Å². The molecule has 7 nitrogen and oxygen atoms in total. The standard InChI is InChI=1S/C22H33N3O4S/c1-16-8-10-19(11-9-16)24-12-14-25(15-13-24)30(28,29)23-22(21(26)27)17(2)20(22)18-6-4-3-5-7-18/h3-7,16-17,19-20,23H,8-15H2,1-2H3,(H,26,27)/t16?,17?,19?,20-,22+/m1/s1. The molecule has 0 bridgehead atoms. The summed E-state index contributed by atoms with van der Waals surface area (Å²) in [5.74, 6) is -0.992. The van der Waals surface area contributed by atoms with E-state index in [-0.39, 0.29) is 11.8 Å². The third-order valence-electron chi connectivity index (χ3n) is 7.53. The molecule has 4 rings (SSSR count). The number of hydrogen-bond acceptors (Lipinski definition) is 4. The number of carboxylic acid groups (broad SMARTS) is 1. The Morgan fingerprint density at radius 2 is 1.63 bits per heavy atom. The fourth-order valence-corrected chi connectivity index (χ4v) is 7.10. The normalized spacial score (nSPS) is 35.8. The first kappa shape index (κ1) is 21.7. The van der Waals surface area contributed by atoms with Crippen LogP contribution in [0.25, 0.3) is 0 Å². The van der Waals surface area contributed by atoms with E-state index in [2.05, 4.69) is 16.5 Å². The predicted molar refractivity (Wildman–Crippen MR) is 115 cm³/mol. The Morgan fingerprint density at radius 1 is 1.03 bits per heavy atom. The Balaban J connectivity index is 1.42. The summed E-state index contributed by atoms with van der Waals surface area (Å²) in [7, 11) is -3.88. The molecule has 2 N–H and O–H groups in total. The average Bonchev–Trinajstić information content (AvgIpc) is 3.33. The average molecular weight is 436 g/mol. The van der Waals surface area contributed by atoms with Crippen LogP contribution in [0.1, 0.15) is 51.0 Å². The quantitative estimate of drug-likeness (QED) is 0.716. The molecule has 0 aromatic heterocycles. The van der Waals surface area contributed by atoms with Gasteiger partial charge in [-0.05, 0) is 43.1 Å². The second-order valence-electron chi connectivity index (χ2n) is 9.31. The topological polar surface area (TPSA) is 90.0 Å². The first-order valence-corrected chi connectivity index (χ1v) is 12.5. The highest BCUT2D eigenvalue weighted by Gasteiger charge is 2.70. The van der Waals surface area contributed by atoms with Gasteiger partial charge in [0.25, 0.3) is 10.2 Å². The second kappa shape index (κ2) is 8.22. The maximum atomic E-state index is 13.1. The number of nitrogens with one attached hydrogen (secondary N) is 1. The van der Waals surface area contributed by atoms with Gasteiger partial charge in [-0.15, -0.1) is 0 Å². The summed E-state index contributed by atoms with van der Waals surface area (Å²) in [6.45, 7) is 6.32. The number of benzene rings is 1. The van der Waals surface area contributed by atoms with E-state index in [1.165, 1.54) is 30.0 Å². The lowest BCUT2D eigenvalue weighted by atomic mass is 9.86. The van der Waals surface area contributed by atoms with Crippen LogP contribution < -0.4 is 4.72 Å². The third-order valence-corrected chi connectivity index (χ3v) is 9.17. The Hall–Kier alpha value is -1.48. The molecular weight excluding hydrogens is 402 g/mol. The van der Waals surface area contributed by atoms with Gasteiger partial charge in [0.15, 0.2) is 0 Å². The van der Waals surface area contributed by atoms with Crippen molar-refractivity contribution in [3.63, 3.8) is 0 Å². The van der Waals surface area contributed by atoms with Crippen molar-refractivity contribution in [1.82, 2.24) is 13.9 Å². The largest absolute Gasteiger partial charge is 0.480 e. The van der Waals surface area contributed by atoms with Crippen LogP contribution in [0.4, 0.5) is 0 Å². The van der Waals surface area contributed by atoms with E-state index >= 15 is 0 Å². The lowest BCUT2D eigenvalue weighted by molar-refractivity contribution is -0.140. The minimum absolute atomic E-state index is 0.308. The number of carbonyl (C=O) groups is 1. The molecule has 0 amide bonds. The zero-order valence-electron chi connectivity index (χ0n) is 17.8. The molecule has 1 aliphatic heterocycles. The van der Waals surface area contributed by atoms with Crippen LogP contribution in [0.3, 0.4) is 0 Å². The van der Waals surface area contributed by atoms with Gasteiger partial charge in [0.2, 0.25) is 0 Å². The van der Waals surface area contributed by atoms with Crippen LogP contribution in [0.5, 0.6) is 0 Å². The number of carboxylic acids is 1. The molecule has 166 valence electrons. The molecule has 2 aliphatic carbocycles. The summed E-state index contributed by atoms with van der Waals surface area (Å²) in [5, 5.41) is 9.95. The first-order chi connectivity index (χ1) is 14.3. The molecule has 3 fully saturated rings. The van der Waals surface area contributed by atoms with Gasteiger partial charge in [0.1, 0.15) is 5.54 Å². The van der Waals surface area contributed by atoms with Crippen LogP contribution in [0, 0.1) is 11.8 Å². The van der Waals surface area contributed by atoms with Gasteiger partial charge < -0.3 is 5.11 Å². The first-order valence-electron chi connectivity index (χ1n) is 11.1. The van der Waals surface area contributed by atoms with E-state index in [0.717, 1.165) is 11.5 Å². The molecule has 3 atom stereocenters. The minimum atomic E-state index is -3.88. The van der Waals surface area contributed by atoms with Crippen molar-refractivity contribution in [3.8, 4) is 0 Å². The number of piperazine rings is 1. The SMILES string of the molecule is CC1CCC(N2CCN(S(=O)(=O)N[C@@]3(C(=O)O)C(C)[C@@H]3c3ccccc3)CC2)CC1. The Kier molecular flexibility index (Phi) is 5.96. The highest BCUT2D eigenvalue weighted by molar-refractivity contribution is 7.87. The van der Waals surface area contributed by atoms with E-state index in [9.17, 15) is 18.3 Å². The molecular formula is C22H33N3O4S. The molecule has 2 saturated carbocycles. The van der Waals surface area contributed by atoms with Gasteiger partial charge >= 0.3 is 5.97 Å². The third kappa shape index (κ3) is 3.90. The molecule has 1 saturated heterocycles. The fraction of sp³-hybridized carbons (Fsp3) is 0.682. The monoisotopic (exact) mass is 435 g/mol. The van der Waals surface area contributed by atoms with Crippen molar-refractivity contribution < 1.29 is 18.3 Å². The summed E-state index contributed by atoms with van der Waals surface area (Å²) < 4.78 is 30.3. The molecule has 30 heavy (non-hydrogen) atoms. The molecule has 1 heterocycles. The van der Waals surface area contributed by atoms with Crippen LogP contribution in [-0.2, 0) is 15.0 Å². The molecule has 1 aromatic rings. The van der Waals surface area contributed by atoms with Gasteiger partial charge in [0, 0.05) is 38.1 Å². The van der Waals surface area contributed by atoms with Gasteiger partial charge in [0.05, 0.1) is 0 Å². The van der Waals surface area contributed by atoms with Crippen molar-refractivity contribution in [2.24, 2.45) is 11.8 Å². The van der Waals surface area contributed by atoms with Crippen LogP contribution >= 0.6 is 0 Å². The van der Waals surface area contributed by atoms with E-state index < -0.39 is 21.7 Å². The van der Waals surface area contributed by atoms with Crippen LogP contribution in [0.2, 0.25) is 0 Å². The summed E-state index contributed by atoms with van der Waals surface area (Å²) >= 11 is 0. The summed E-state index contributed by atoms with van der Waals surface area (Å²) in [4.78, 5) is 14.6. The summed E-state index contributed by atoms with van der Waals surface area (Å²) in [5.41, 5.74) is -0.622.